The van der Waals surface area contributed by atoms with Gasteiger partial charge in [-0.2, -0.15) is 0 Å². The van der Waals surface area contributed by atoms with Gasteiger partial charge >= 0.3 is 0 Å². The molecular formula is C41H29N3. The van der Waals surface area contributed by atoms with Crippen LogP contribution in [-0.2, 0) is 13.1 Å². The Morgan fingerprint density at radius 2 is 0.727 bits per heavy atom. The summed E-state index contributed by atoms with van der Waals surface area (Å²) in [6.45, 7) is 1.74. The van der Waals surface area contributed by atoms with Crippen LogP contribution in [0.25, 0.3) is 77.0 Å². The SMILES string of the molecule is CN1Cc2cccc(-c3c4ccccc4nc4ccccc34)c2-c2c(cccc2-c2c3ccccc3nc3ccccc23)C1. The van der Waals surface area contributed by atoms with Crippen LogP contribution in [0.4, 0.5) is 0 Å². The largest absolute Gasteiger partial charge is 0.298 e. The summed E-state index contributed by atoms with van der Waals surface area (Å²) >= 11 is 0. The first-order valence-corrected chi connectivity index (χ1v) is 15.2. The zero-order chi connectivity index (χ0) is 29.2. The highest BCUT2D eigenvalue weighted by Gasteiger charge is 2.26. The molecule has 0 saturated heterocycles. The average molecular weight is 564 g/mol. The van der Waals surface area contributed by atoms with Gasteiger partial charge in [0.25, 0.3) is 0 Å². The maximum Gasteiger partial charge on any atom is 0.0715 e. The molecule has 0 unspecified atom stereocenters. The first-order chi connectivity index (χ1) is 21.7. The summed E-state index contributed by atoms with van der Waals surface area (Å²) in [5, 5.41) is 4.71. The van der Waals surface area contributed by atoms with Crippen LogP contribution in [0.1, 0.15) is 11.1 Å². The maximum atomic E-state index is 5.07. The van der Waals surface area contributed by atoms with Crippen LogP contribution in [0.5, 0.6) is 0 Å². The molecule has 0 aliphatic carbocycles. The monoisotopic (exact) mass is 563 g/mol. The van der Waals surface area contributed by atoms with Gasteiger partial charge in [0.1, 0.15) is 0 Å². The van der Waals surface area contributed by atoms with E-state index in [2.05, 4.69) is 145 Å². The van der Waals surface area contributed by atoms with Gasteiger partial charge in [-0.15, -0.1) is 0 Å². The number of nitrogens with zero attached hydrogens (tertiary/aromatic N) is 3. The van der Waals surface area contributed by atoms with Crippen molar-refractivity contribution < 1.29 is 0 Å². The van der Waals surface area contributed by atoms with Crippen molar-refractivity contribution in [2.24, 2.45) is 0 Å². The molecule has 1 aliphatic rings. The minimum atomic E-state index is 0.871. The van der Waals surface area contributed by atoms with Crippen molar-refractivity contribution >= 4 is 43.6 Å². The quantitative estimate of drug-likeness (QED) is 0.196. The van der Waals surface area contributed by atoms with Gasteiger partial charge in [0, 0.05) is 45.8 Å². The van der Waals surface area contributed by atoms with Crippen LogP contribution in [0.15, 0.2) is 133 Å². The lowest BCUT2D eigenvalue weighted by Gasteiger charge is -2.22. The summed E-state index contributed by atoms with van der Waals surface area (Å²) in [7, 11) is 2.23. The first kappa shape index (κ1) is 25.1. The molecule has 6 aromatic carbocycles. The summed E-state index contributed by atoms with van der Waals surface area (Å²) in [5.41, 5.74) is 14.4. The van der Waals surface area contributed by atoms with E-state index in [0.717, 1.165) is 35.2 Å². The fourth-order valence-corrected chi connectivity index (χ4v) is 7.37. The molecule has 0 radical (unpaired) electrons. The van der Waals surface area contributed by atoms with E-state index in [-0.39, 0.29) is 0 Å². The van der Waals surface area contributed by atoms with Gasteiger partial charge in [-0.1, -0.05) is 109 Å². The molecule has 0 N–H and O–H groups in total. The molecule has 3 heterocycles. The van der Waals surface area contributed by atoms with Crippen LogP contribution in [0.3, 0.4) is 0 Å². The topological polar surface area (TPSA) is 29.0 Å². The van der Waals surface area contributed by atoms with Crippen LogP contribution in [0, 0.1) is 0 Å². The molecule has 0 saturated carbocycles. The maximum absolute atomic E-state index is 5.07. The van der Waals surface area contributed by atoms with Gasteiger partial charge in [0.05, 0.1) is 22.1 Å². The van der Waals surface area contributed by atoms with E-state index >= 15 is 0 Å². The number of hydrogen-bond acceptors (Lipinski definition) is 3. The summed E-state index contributed by atoms with van der Waals surface area (Å²) in [4.78, 5) is 12.6. The van der Waals surface area contributed by atoms with E-state index in [0.29, 0.717) is 0 Å². The van der Waals surface area contributed by atoms with Gasteiger partial charge in [0.2, 0.25) is 0 Å². The smallest absolute Gasteiger partial charge is 0.0715 e. The van der Waals surface area contributed by atoms with Crippen molar-refractivity contribution in [2.45, 2.75) is 13.1 Å². The molecule has 44 heavy (non-hydrogen) atoms. The Bertz CT molecular complexity index is 2140. The Labute approximate surface area is 256 Å². The lowest BCUT2D eigenvalue weighted by Crippen LogP contribution is -2.15. The van der Waals surface area contributed by atoms with E-state index in [4.69, 9.17) is 9.97 Å². The third-order valence-electron chi connectivity index (χ3n) is 9.15. The van der Waals surface area contributed by atoms with E-state index in [1.54, 1.807) is 0 Å². The summed E-state index contributed by atoms with van der Waals surface area (Å²) in [6.07, 6.45) is 0. The van der Waals surface area contributed by atoms with Gasteiger partial charge in [-0.05, 0) is 64.7 Å². The predicted molar refractivity (Wildman–Crippen MR) is 184 cm³/mol. The Kier molecular flexibility index (Phi) is 5.62. The van der Waals surface area contributed by atoms with Gasteiger partial charge in [-0.3, -0.25) is 4.90 Å². The number of aromatic nitrogens is 2. The van der Waals surface area contributed by atoms with E-state index in [1.165, 1.54) is 66.1 Å². The Morgan fingerprint density at radius 3 is 1.09 bits per heavy atom. The molecule has 1 aliphatic heterocycles. The second kappa shape index (κ2) is 9.84. The Hall–Kier alpha value is -5.38. The first-order valence-electron chi connectivity index (χ1n) is 15.2. The molecule has 0 amide bonds. The fourth-order valence-electron chi connectivity index (χ4n) is 7.37. The molecule has 0 atom stereocenters. The van der Waals surface area contributed by atoms with Gasteiger partial charge in [0.15, 0.2) is 0 Å². The molecule has 3 nitrogen and oxygen atoms in total. The molecule has 3 heteroatoms. The van der Waals surface area contributed by atoms with Crippen molar-refractivity contribution in [1.82, 2.24) is 14.9 Å². The molecule has 0 spiro atoms. The van der Waals surface area contributed by atoms with Crippen molar-refractivity contribution in [1.29, 1.82) is 0 Å². The van der Waals surface area contributed by atoms with E-state index < -0.39 is 0 Å². The zero-order valence-corrected chi connectivity index (χ0v) is 24.5. The standard InChI is InChI=1S/C41H29N3/c1-44-24-26-12-10-18-32(40-28-14-2-6-20-34(28)42-35-21-7-3-15-29(35)40)38(26)39-27(25-44)13-11-19-33(39)41-30-16-4-8-22-36(30)43-37-23-9-5-17-31(37)41/h2-23H,24-25H2,1H3. The summed E-state index contributed by atoms with van der Waals surface area (Å²) in [5.74, 6) is 0. The van der Waals surface area contributed by atoms with Crippen molar-refractivity contribution in [3.8, 4) is 33.4 Å². The lowest BCUT2D eigenvalue weighted by atomic mass is 9.82. The summed E-state index contributed by atoms with van der Waals surface area (Å²) < 4.78 is 0. The Balaban J connectivity index is 1.47. The van der Waals surface area contributed by atoms with Crippen LogP contribution >= 0.6 is 0 Å². The van der Waals surface area contributed by atoms with E-state index in [1.807, 2.05) is 0 Å². The normalized spacial score (nSPS) is 13.3. The van der Waals surface area contributed by atoms with E-state index in [9.17, 15) is 0 Å². The lowest BCUT2D eigenvalue weighted by molar-refractivity contribution is 0.323. The van der Waals surface area contributed by atoms with Gasteiger partial charge in [-0.25, -0.2) is 9.97 Å². The number of rotatable bonds is 2. The molecule has 9 rings (SSSR count). The third kappa shape index (κ3) is 3.80. The summed E-state index contributed by atoms with van der Waals surface area (Å²) in [6, 6.07) is 48.0. The van der Waals surface area contributed by atoms with Gasteiger partial charge < -0.3 is 0 Å². The van der Waals surface area contributed by atoms with Crippen molar-refractivity contribution in [2.75, 3.05) is 7.05 Å². The molecule has 0 bridgehead atoms. The van der Waals surface area contributed by atoms with Crippen molar-refractivity contribution in [3.63, 3.8) is 0 Å². The Morgan fingerprint density at radius 1 is 0.386 bits per heavy atom. The third-order valence-corrected chi connectivity index (χ3v) is 9.15. The second-order valence-electron chi connectivity index (χ2n) is 11.9. The molecule has 8 aromatic rings. The predicted octanol–water partition coefficient (Wildman–Crippen LogP) is 10.0. The highest BCUT2D eigenvalue weighted by atomic mass is 15.1. The molecule has 2 aromatic heterocycles. The van der Waals surface area contributed by atoms with Crippen molar-refractivity contribution in [3.05, 3.63) is 145 Å². The highest BCUT2D eigenvalue weighted by molar-refractivity contribution is 6.16. The number of para-hydroxylation sites is 4. The van der Waals surface area contributed by atoms with Crippen LogP contribution in [-0.4, -0.2) is 21.9 Å². The second-order valence-corrected chi connectivity index (χ2v) is 11.9. The number of fused-ring (bicyclic) bond motifs is 7. The number of hydrogen-bond donors (Lipinski definition) is 0. The minimum absolute atomic E-state index is 0.871. The van der Waals surface area contributed by atoms with Crippen LogP contribution in [0.2, 0.25) is 0 Å². The number of benzene rings is 6. The van der Waals surface area contributed by atoms with Crippen LogP contribution < -0.4 is 0 Å². The molecule has 0 fully saturated rings. The molecular weight excluding hydrogens is 534 g/mol. The minimum Gasteiger partial charge on any atom is -0.298 e. The number of pyridine rings is 2. The zero-order valence-electron chi connectivity index (χ0n) is 24.5. The highest BCUT2D eigenvalue weighted by Crippen LogP contribution is 2.49. The fraction of sp³-hybridized carbons (Fsp3) is 0.0732. The average Bonchev–Trinajstić information content (AvgIpc) is 3.21. The molecule has 208 valence electrons.